The number of ether oxygens (including phenoxy) is 1. The molecule has 0 amide bonds. The van der Waals surface area contributed by atoms with Gasteiger partial charge in [0.15, 0.2) is 0 Å². The smallest absolute Gasteiger partial charge is 0.264 e. The molecule has 2 aromatic carbocycles. The highest BCUT2D eigenvalue weighted by atomic mass is 32.2. The molecule has 1 aliphatic heterocycles. The fraction of sp³-hybridized carbons (Fsp3) is 0.150. The van der Waals surface area contributed by atoms with Crippen LogP contribution in [0.2, 0.25) is 0 Å². The van der Waals surface area contributed by atoms with Crippen LogP contribution in [0.3, 0.4) is 0 Å². The van der Waals surface area contributed by atoms with Crippen molar-refractivity contribution in [2.24, 2.45) is 0 Å². The van der Waals surface area contributed by atoms with Crippen LogP contribution >= 0.6 is 0 Å². The van der Waals surface area contributed by atoms with Crippen LogP contribution in [0.1, 0.15) is 5.56 Å². The summed E-state index contributed by atoms with van der Waals surface area (Å²) in [5.41, 5.74) is 9.50. The molecule has 0 radical (unpaired) electrons. The number of fused-ring (bicyclic) bond motifs is 1. The lowest BCUT2D eigenvalue weighted by Crippen LogP contribution is -2.29. The van der Waals surface area contributed by atoms with Crippen molar-refractivity contribution >= 4 is 21.4 Å². The number of nitrogen functional groups attached to an aromatic ring is 1. The molecule has 1 aromatic heterocycles. The zero-order chi connectivity index (χ0) is 19.0. The van der Waals surface area contributed by atoms with Gasteiger partial charge in [0.1, 0.15) is 5.75 Å². The third kappa shape index (κ3) is 3.00. The lowest BCUT2D eigenvalue weighted by atomic mass is 10.1. The number of aromatic nitrogens is 1. The third-order valence-corrected chi connectivity index (χ3v) is 6.49. The Kier molecular flexibility index (Phi) is 4.24. The fourth-order valence-electron chi connectivity index (χ4n) is 3.28. The molecule has 0 unspecified atom stereocenters. The van der Waals surface area contributed by atoms with Crippen molar-refractivity contribution in [2.75, 3.05) is 23.7 Å². The Balaban J connectivity index is 1.81. The Morgan fingerprint density at radius 1 is 1.04 bits per heavy atom. The van der Waals surface area contributed by atoms with Crippen molar-refractivity contribution in [3.63, 3.8) is 0 Å². The molecule has 0 fully saturated rings. The minimum atomic E-state index is -3.70. The highest BCUT2D eigenvalue weighted by Crippen LogP contribution is 2.39. The van der Waals surface area contributed by atoms with Gasteiger partial charge in [-0.05, 0) is 54.4 Å². The van der Waals surface area contributed by atoms with E-state index in [1.165, 1.54) is 4.31 Å². The van der Waals surface area contributed by atoms with E-state index in [1.54, 1.807) is 49.7 Å². The molecule has 3 aromatic rings. The fourth-order valence-corrected chi connectivity index (χ4v) is 4.79. The van der Waals surface area contributed by atoms with Gasteiger partial charge in [-0.25, -0.2) is 8.42 Å². The number of nitrogens with two attached hydrogens (primary N) is 1. The van der Waals surface area contributed by atoms with Crippen LogP contribution < -0.4 is 14.8 Å². The number of nitrogens with zero attached hydrogens (tertiary/aromatic N) is 2. The largest absolute Gasteiger partial charge is 0.497 e. The molecule has 0 bridgehead atoms. The topological polar surface area (TPSA) is 85.5 Å². The number of hydrogen-bond donors (Lipinski definition) is 1. The number of methoxy groups -OCH3 is 1. The van der Waals surface area contributed by atoms with Crippen LogP contribution in [-0.4, -0.2) is 27.1 Å². The first kappa shape index (κ1) is 17.4. The van der Waals surface area contributed by atoms with Crippen LogP contribution in [-0.2, 0) is 16.4 Å². The standard InChI is InChI=1S/C20H19N3O3S/c1-26-17-6-8-18(9-7-17)27(24,25)23-13-11-15-10-12-22-19(20(15)23)14-2-4-16(21)5-3-14/h2-10,12H,11,13,21H2,1H3. The molecule has 138 valence electrons. The molecule has 2 heterocycles. The Bertz CT molecular complexity index is 1080. The van der Waals surface area contributed by atoms with Crippen LogP contribution in [0.25, 0.3) is 11.3 Å². The number of sulfonamides is 1. The summed E-state index contributed by atoms with van der Waals surface area (Å²) in [5.74, 6) is 0.611. The first-order valence-electron chi connectivity index (χ1n) is 8.51. The molecule has 2 N–H and O–H groups in total. The maximum Gasteiger partial charge on any atom is 0.264 e. The van der Waals surface area contributed by atoms with E-state index in [0.717, 1.165) is 11.1 Å². The average Bonchev–Trinajstić information content (AvgIpc) is 3.14. The molecule has 27 heavy (non-hydrogen) atoms. The Labute approximate surface area is 158 Å². The van der Waals surface area contributed by atoms with Crippen molar-refractivity contribution in [1.82, 2.24) is 4.98 Å². The zero-order valence-corrected chi connectivity index (χ0v) is 15.6. The van der Waals surface area contributed by atoms with E-state index >= 15 is 0 Å². The second-order valence-electron chi connectivity index (χ2n) is 6.29. The second-order valence-corrected chi connectivity index (χ2v) is 8.15. The maximum atomic E-state index is 13.3. The Hall–Kier alpha value is -3.06. The van der Waals surface area contributed by atoms with Crippen molar-refractivity contribution < 1.29 is 13.2 Å². The molecule has 7 heteroatoms. The SMILES string of the molecule is COc1ccc(S(=O)(=O)N2CCc3ccnc(-c4ccc(N)cc4)c32)cc1. The summed E-state index contributed by atoms with van der Waals surface area (Å²) in [4.78, 5) is 4.69. The quantitative estimate of drug-likeness (QED) is 0.702. The van der Waals surface area contributed by atoms with E-state index in [-0.39, 0.29) is 4.90 Å². The average molecular weight is 381 g/mol. The summed E-state index contributed by atoms with van der Waals surface area (Å²) >= 11 is 0. The first-order chi connectivity index (χ1) is 13.0. The first-order valence-corrected chi connectivity index (χ1v) is 9.95. The molecular formula is C20H19N3O3S. The van der Waals surface area contributed by atoms with Crippen LogP contribution in [0, 0.1) is 0 Å². The highest BCUT2D eigenvalue weighted by Gasteiger charge is 2.33. The van der Waals surface area contributed by atoms with Crippen LogP contribution in [0.4, 0.5) is 11.4 Å². The van der Waals surface area contributed by atoms with Crippen molar-refractivity contribution in [1.29, 1.82) is 0 Å². The molecular weight excluding hydrogens is 362 g/mol. The molecule has 6 nitrogen and oxygen atoms in total. The predicted molar refractivity (Wildman–Crippen MR) is 105 cm³/mol. The summed E-state index contributed by atoms with van der Waals surface area (Å²) in [7, 11) is -2.16. The number of rotatable bonds is 4. The van der Waals surface area contributed by atoms with Gasteiger partial charge >= 0.3 is 0 Å². The molecule has 0 saturated carbocycles. The third-order valence-electron chi connectivity index (χ3n) is 4.67. The Morgan fingerprint density at radius 2 is 1.74 bits per heavy atom. The molecule has 0 atom stereocenters. The van der Waals surface area contributed by atoms with Gasteiger partial charge in [0.25, 0.3) is 10.0 Å². The minimum absolute atomic E-state index is 0.225. The van der Waals surface area contributed by atoms with Gasteiger partial charge in [0.05, 0.1) is 23.4 Å². The number of pyridine rings is 1. The summed E-state index contributed by atoms with van der Waals surface area (Å²) in [6.07, 6.45) is 2.36. The number of benzene rings is 2. The number of anilines is 2. The van der Waals surface area contributed by atoms with Gasteiger partial charge in [-0.15, -0.1) is 0 Å². The highest BCUT2D eigenvalue weighted by molar-refractivity contribution is 7.92. The second kappa shape index (κ2) is 6.59. The lowest BCUT2D eigenvalue weighted by Gasteiger charge is -2.22. The van der Waals surface area contributed by atoms with E-state index < -0.39 is 10.0 Å². The summed E-state index contributed by atoms with van der Waals surface area (Å²) in [6.45, 7) is 0.386. The van der Waals surface area contributed by atoms with Crippen molar-refractivity contribution in [3.8, 4) is 17.0 Å². The van der Waals surface area contributed by atoms with E-state index in [0.29, 0.717) is 35.8 Å². The van der Waals surface area contributed by atoms with Crippen molar-refractivity contribution in [3.05, 3.63) is 66.4 Å². The molecule has 0 spiro atoms. The summed E-state index contributed by atoms with van der Waals surface area (Å²) in [5, 5.41) is 0. The van der Waals surface area contributed by atoms with Gasteiger partial charge in [0.2, 0.25) is 0 Å². The van der Waals surface area contributed by atoms with Crippen molar-refractivity contribution in [2.45, 2.75) is 11.3 Å². The lowest BCUT2D eigenvalue weighted by molar-refractivity contribution is 0.414. The van der Waals surface area contributed by atoms with E-state index in [2.05, 4.69) is 4.98 Å². The van der Waals surface area contributed by atoms with Crippen LogP contribution in [0.15, 0.2) is 65.7 Å². The normalized spacial score (nSPS) is 13.4. The van der Waals surface area contributed by atoms with Gasteiger partial charge in [0, 0.05) is 24.0 Å². The number of hydrogen-bond acceptors (Lipinski definition) is 5. The van der Waals surface area contributed by atoms with Gasteiger partial charge in [-0.3, -0.25) is 9.29 Å². The monoisotopic (exact) mass is 381 g/mol. The predicted octanol–water partition coefficient (Wildman–Crippen LogP) is 3.09. The zero-order valence-electron chi connectivity index (χ0n) is 14.8. The summed E-state index contributed by atoms with van der Waals surface area (Å²) in [6, 6.07) is 15.6. The van der Waals surface area contributed by atoms with Gasteiger partial charge in [-0.2, -0.15) is 0 Å². The molecule has 4 rings (SSSR count). The van der Waals surface area contributed by atoms with E-state index in [9.17, 15) is 8.42 Å². The molecule has 0 saturated heterocycles. The maximum absolute atomic E-state index is 13.3. The van der Waals surface area contributed by atoms with Gasteiger partial charge in [-0.1, -0.05) is 12.1 Å². The molecule has 1 aliphatic rings. The van der Waals surface area contributed by atoms with Gasteiger partial charge < -0.3 is 10.5 Å². The minimum Gasteiger partial charge on any atom is -0.497 e. The molecule has 0 aliphatic carbocycles. The van der Waals surface area contributed by atoms with Crippen LogP contribution in [0.5, 0.6) is 5.75 Å². The summed E-state index contributed by atoms with van der Waals surface area (Å²) < 4.78 is 33.1. The van der Waals surface area contributed by atoms with E-state index in [4.69, 9.17) is 10.5 Å². The Morgan fingerprint density at radius 3 is 2.41 bits per heavy atom. The van der Waals surface area contributed by atoms with E-state index in [1.807, 2.05) is 18.2 Å².